The molecule has 0 heterocycles. The van der Waals surface area contributed by atoms with E-state index in [4.69, 9.17) is 15.6 Å². The number of benzene rings is 1. The Hall–Kier alpha value is -1.34. The zero-order chi connectivity index (χ0) is 13.1. The van der Waals surface area contributed by atoms with Gasteiger partial charge in [-0.1, -0.05) is 0 Å². The molecular weight excluding hydrogens is 242 g/mol. The lowest BCUT2D eigenvalue weighted by Gasteiger charge is -2.16. The van der Waals surface area contributed by atoms with Gasteiger partial charge in [-0.2, -0.15) is 13.2 Å². The molecule has 0 saturated carbocycles. The number of aliphatic hydroxyl groups is 1. The maximum Gasteiger partial charge on any atom is 0.417 e. The summed E-state index contributed by atoms with van der Waals surface area (Å²) in [6, 6.07) is 3.27. The van der Waals surface area contributed by atoms with Crippen molar-refractivity contribution in [3.63, 3.8) is 0 Å². The molecule has 7 heteroatoms. The third kappa shape index (κ3) is 3.86. The first-order chi connectivity index (χ1) is 7.84. The first kappa shape index (κ1) is 13.7. The van der Waals surface area contributed by atoms with Gasteiger partial charge in [0.1, 0.15) is 18.2 Å². The van der Waals surface area contributed by atoms with E-state index in [-0.39, 0.29) is 17.9 Å². The number of hydrogen-bond acceptors (Lipinski definition) is 3. The zero-order valence-corrected chi connectivity index (χ0v) is 8.67. The number of hydrogen-bond donors (Lipinski definition) is 2. The molecule has 0 bridgehead atoms. The van der Waals surface area contributed by atoms with Crippen molar-refractivity contribution < 1.29 is 27.4 Å². The molecule has 0 aromatic heterocycles. The van der Waals surface area contributed by atoms with Crippen molar-refractivity contribution in [2.75, 3.05) is 6.61 Å². The number of halogens is 4. The Morgan fingerprint density at radius 3 is 2.53 bits per heavy atom. The number of nitrogens with two attached hydrogens (primary N) is 1. The predicted octanol–water partition coefficient (Wildman–Crippen LogP) is 1.59. The van der Waals surface area contributed by atoms with Crippen LogP contribution in [0.5, 0.6) is 5.75 Å². The topological polar surface area (TPSA) is 55.5 Å². The van der Waals surface area contributed by atoms with Gasteiger partial charge in [-0.3, -0.25) is 0 Å². The molecule has 17 heavy (non-hydrogen) atoms. The molecule has 1 unspecified atom stereocenters. The van der Waals surface area contributed by atoms with E-state index < -0.39 is 24.7 Å². The predicted molar refractivity (Wildman–Crippen MR) is 51.8 cm³/mol. The van der Waals surface area contributed by atoms with Crippen LogP contribution >= 0.6 is 0 Å². The molecule has 0 spiro atoms. The van der Waals surface area contributed by atoms with Crippen LogP contribution < -0.4 is 10.5 Å². The first-order valence-corrected chi connectivity index (χ1v) is 4.70. The highest BCUT2D eigenvalue weighted by Crippen LogP contribution is 2.23. The minimum atomic E-state index is -4.75. The summed E-state index contributed by atoms with van der Waals surface area (Å²) in [5.41, 5.74) is 5.52. The summed E-state index contributed by atoms with van der Waals surface area (Å²) in [5, 5.41) is 8.71. The summed E-state index contributed by atoms with van der Waals surface area (Å²) < 4.78 is 53.5. The van der Waals surface area contributed by atoms with Crippen molar-refractivity contribution in [3.8, 4) is 5.75 Å². The largest absolute Gasteiger partial charge is 0.490 e. The van der Waals surface area contributed by atoms with E-state index in [0.717, 1.165) is 12.1 Å². The van der Waals surface area contributed by atoms with Gasteiger partial charge in [-0.05, 0) is 18.2 Å². The number of aliphatic hydroxyl groups excluding tert-OH is 1. The molecule has 0 radical (unpaired) electrons. The van der Waals surface area contributed by atoms with Crippen molar-refractivity contribution >= 4 is 0 Å². The molecule has 1 atom stereocenters. The molecule has 96 valence electrons. The molecule has 1 aromatic carbocycles. The lowest BCUT2D eigenvalue weighted by atomic mass is 10.2. The Balaban J connectivity index is 2.69. The molecule has 0 saturated heterocycles. The second kappa shape index (κ2) is 5.33. The van der Waals surface area contributed by atoms with Gasteiger partial charge >= 0.3 is 6.18 Å². The fourth-order valence-corrected chi connectivity index (χ4v) is 1.11. The van der Waals surface area contributed by atoms with E-state index in [9.17, 15) is 17.6 Å². The van der Waals surface area contributed by atoms with E-state index in [2.05, 4.69) is 0 Å². The highest BCUT2D eigenvalue weighted by atomic mass is 19.4. The van der Waals surface area contributed by atoms with Crippen LogP contribution in [0.2, 0.25) is 0 Å². The third-order valence-corrected chi connectivity index (χ3v) is 2.02. The minimum absolute atomic E-state index is 0.0252. The molecule has 3 nitrogen and oxygen atoms in total. The Labute approximate surface area is 94.8 Å². The van der Waals surface area contributed by atoms with Crippen molar-refractivity contribution in [2.45, 2.75) is 18.8 Å². The Morgan fingerprint density at radius 1 is 1.35 bits per heavy atom. The summed E-state index contributed by atoms with van der Waals surface area (Å²) >= 11 is 0. The van der Waals surface area contributed by atoms with E-state index in [1.165, 1.54) is 6.07 Å². The Kier molecular flexibility index (Phi) is 4.30. The van der Waals surface area contributed by atoms with Gasteiger partial charge in [0.25, 0.3) is 0 Å². The van der Waals surface area contributed by atoms with Crippen molar-refractivity contribution in [3.05, 3.63) is 29.6 Å². The van der Waals surface area contributed by atoms with Crippen LogP contribution in [0.15, 0.2) is 18.2 Å². The molecule has 0 aliphatic rings. The van der Waals surface area contributed by atoms with Gasteiger partial charge in [0, 0.05) is 12.1 Å². The normalized spacial score (nSPS) is 13.5. The Morgan fingerprint density at radius 2 is 2.00 bits per heavy atom. The molecule has 3 N–H and O–H groups in total. The standard InChI is InChI=1S/C10H11F4NO2/c11-7-1-2-8(6(3-7)4-15)17-5-9(16)10(12,13)14/h1-3,9,16H,4-5,15H2. The summed E-state index contributed by atoms with van der Waals surface area (Å²) in [6.07, 6.45) is -7.33. The van der Waals surface area contributed by atoms with Gasteiger partial charge in [0.15, 0.2) is 6.10 Å². The molecule has 1 rings (SSSR count). The fourth-order valence-electron chi connectivity index (χ4n) is 1.11. The second-order valence-corrected chi connectivity index (χ2v) is 3.32. The quantitative estimate of drug-likeness (QED) is 0.801. The number of alkyl halides is 3. The van der Waals surface area contributed by atoms with Gasteiger partial charge in [0.05, 0.1) is 0 Å². The van der Waals surface area contributed by atoms with Crippen LogP contribution in [0.25, 0.3) is 0 Å². The second-order valence-electron chi connectivity index (χ2n) is 3.32. The van der Waals surface area contributed by atoms with Crippen LogP contribution in [-0.4, -0.2) is 24.0 Å². The smallest absolute Gasteiger partial charge is 0.417 e. The maximum absolute atomic E-state index is 12.8. The van der Waals surface area contributed by atoms with Gasteiger partial charge in [0.2, 0.25) is 0 Å². The maximum atomic E-state index is 12.8. The zero-order valence-electron chi connectivity index (χ0n) is 8.67. The van der Waals surface area contributed by atoms with E-state index in [1.54, 1.807) is 0 Å². The van der Waals surface area contributed by atoms with Crippen LogP contribution in [-0.2, 0) is 6.54 Å². The SMILES string of the molecule is NCc1cc(F)ccc1OCC(O)C(F)(F)F. The van der Waals surface area contributed by atoms with E-state index in [1.807, 2.05) is 0 Å². The van der Waals surface area contributed by atoms with E-state index >= 15 is 0 Å². The fraction of sp³-hybridized carbons (Fsp3) is 0.400. The summed E-state index contributed by atoms with van der Waals surface area (Å²) in [6.45, 7) is -1.03. The first-order valence-electron chi connectivity index (χ1n) is 4.70. The highest BCUT2D eigenvalue weighted by Gasteiger charge is 2.38. The van der Waals surface area contributed by atoms with Crippen molar-refractivity contribution in [1.82, 2.24) is 0 Å². The third-order valence-electron chi connectivity index (χ3n) is 2.02. The summed E-state index contributed by atoms with van der Waals surface area (Å²) in [4.78, 5) is 0. The molecular formula is C10H11F4NO2. The molecule has 1 aromatic rings. The number of ether oxygens (including phenoxy) is 1. The van der Waals surface area contributed by atoms with Crippen LogP contribution in [0.4, 0.5) is 17.6 Å². The number of rotatable bonds is 4. The summed E-state index contributed by atoms with van der Waals surface area (Å²) in [5.74, 6) is -0.536. The van der Waals surface area contributed by atoms with Gasteiger partial charge in [-0.25, -0.2) is 4.39 Å². The Bertz CT molecular complexity index is 381. The molecule has 0 fully saturated rings. The highest BCUT2D eigenvalue weighted by molar-refractivity contribution is 5.33. The van der Waals surface area contributed by atoms with Crippen molar-refractivity contribution in [1.29, 1.82) is 0 Å². The molecule has 0 amide bonds. The van der Waals surface area contributed by atoms with Gasteiger partial charge in [-0.15, -0.1) is 0 Å². The lowest BCUT2D eigenvalue weighted by Crippen LogP contribution is -2.34. The molecule has 0 aliphatic heterocycles. The van der Waals surface area contributed by atoms with Crippen LogP contribution in [0, 0.1) is 5.82 Å². The van der Waals surface area contributed by atoms with Crippen LogP contribution in [0.1, 0.15) is 5.56 Å². The monoisotopic (exact) mass is 253 g/mol. The lowest BCUT2D eigenvalue weighted by molar-refractivity contribution is -0.210. The summed E-state index contributed by atoms with van der Waals surface area (Å²) in [7, 11) is 0. The van der Waals surface area contributed by atoms with Gasteiger partial charge < -0.3 is 15.6 Å². The van der Waals surface area contributed by atoms with Crippen LogP contribution in [0.3, 0.4) is 0 Å². The average Bonchev–Trinajstić information content (AvgIpc) is 2.25. The van der Waals surface area contributed by atoms with Crippen molar-refractivity contribution in [2.24, 2.45) is 5.73 Å². The average molecular weight is 253 g/mol. The molecule has 0 aliphatic carbocycles. The van der Waals surface area contributed by atoms with E-state index in [0.29, 0.717) is 0 Å². The minimum Gasteiger partial charge on any atom is -0.490 e.